The number of halogens is 4. The van der Waals surface area contributed by atoms with Crippen molar-refractivity contribution < 1.29 is 21.8 Å². The Bertz CT molecular complexity index is 847. The van der Waals surface area contributed by atoms with Crippen LogP contribution in [0.4, 0.5) is 17.6 Å². The highest BCUT2D eigenvalue weighted by Crippen LogP contribution is 2.36. The predicted molar refractivity (Wildman–Crippen MR) is 91.5 cm³/mol. The van der Waals surface area contributed by atoms with Crippen LogP contribution >= 0.6 is 0 Å². The van der Waals surface area contributed by atoms with Gasteiger partial charge in [0.25, 0.3) is 0 Å². The molecular formula is C16H20F4N4OS. The number of hydrogen-bond acceptors (Lipinski definition) is 3. The Morgan fingerprint density at radius 1 is 1.38 bits per heavy atom. The predicted octanol–water partition coefficient (Wildman–Crippen LogP) is 3.04. The topological polar surface area (TPSA) is 57.1 Å². The van der Waals surface area contributed by atoms with Crippen molar-refractivity contribution in [3.05, 3.63) is 35.6 Å². The molecule has 10 heteroatoms. The van der Waals surface area contributed by atoms with Gasteiger partial charge in [-0.05, 0) is 25.8 Å². The molecule has 3 atom stereocenters. The van der Waals surface area contributed by atoms with Gasteiger partial charge in [-0.15, -0.1) is 0 Å². The molecule has 1 saturated heterocycles. The van der Waals surface area contributed by atoms with Gasteiger partial charge >= 0.3 is 6.18 Å². The molecule has 0 amide bonds. The summed E-state index contributed by atoms with van der Waals surface area (Å²) < 4.78 is 72.7. The molecule has 5 nitrogen and oxygen atoms in total. The normalized spacial score (nSPS) is 33.8. The Hall–Kier alpha value is -1.84. The molecule has 1 aromatic rings. The second-order valence-corrected chi connectivity index (χ2v) is 8.80. The summed E-state index contributed by atoms with van der Waals surface area (Å²) in [5.41, 5.74) is -0.982. The zero-order valence-corrected chi connectivity index (χ0v) is 15.2. The van der Waals surface area contributed by atoms with Gasteiger partial charge in [0.1, 0.15) is 15.7 Å². The van der Waals surface area contributed by atoms with Crippen LogP contribution < -0.4 is 5.32 Å². The van der Waals surface area contributed by atoms with E-state index in [0.717, 1.165) is 0 Å². The first-order valence-electron chi connectivity index (χ1n) is 8.17. The number of alkyl halides is 3. The highest BCUT2D eigenvalue weighted by molar-refractivity contribution is 7.92. The molecule has 1 aromatic carbocycles. The average Bonchev–Trinajstić information content (AvgIpc) is 2.72. The van der Waals surface area contributed by atoms with E-state index in [1.54, 1.807) is 13.0 Å². The van der Waals surface area contributed by atoms with Crippen molar-refractivity contribution in [1.82, 2.24) is 9.62 Å². The molecule has 2 unspecified atom stereocenters. The minimum absolute atomic E-state index is 0.141. The van der Waals surface area contributed by atoms with Gasteiger partial charge in [0.15, 0.2) is 6.04 Å². The van der Waals surface area contributed by atoms with Crippen molar-refractivity contribution in [2.45, 2.75) is 37.5 Å². The van der Waals surface area contributed by atoms with Gasteiger partial charge in [0, 0.05) is 19.2 Å². The van der Waals surface area contributed by atoms with Crippen LogP contribution in [0, 0.1) is 5.82 Å². The van der Waals surface area contributed by atoms with Crippen molar-refractivity contribution >= 4 is 15.9 Å². The Kier molecular flexibility index (Phi) is 4.66. The van der Waals surface area contributed by atoms with E-state index in [9.17, 15) is 21.8 Å². The van der Waals surface area contributed by atoms with E-state index in [-0.39, 0.29) is 36.7 Å². The van der Waals surface area contributed by atoms with Gasteiger partial charge in [0.05, 0.1) is 11.3 Å². The number of fused-ring (bicyclic) bond motifs is 1. The molecule has 0 aromatic heterocycles. The number of aliphatic imine (C=N–C) groups is 1. The summed E-state index contributed by atoms with van der Waals surface area (Å²) >= 11 is 0. The van der Waals surface area contributed by atoms with Crippen LogP contribution in [-0.4, -0.2) is 46.0 Å². The molecule has 3 rings (SSSR count). The zero-order valence-electron chi connectivity index (χ0n) is 14.4. The summed E-state index contributed by atoms with van der Waals surface area (Å²) in [6.45, 7) is 1.74. The molecule has 0 radical (unpaired) electrons. The summed E-state index contributed by atoms with van der Waals surface area (Å²) in [5.74, 6) is -0.638. The van der Waals surface area contributed by atoms with Gasteiger partial charge < -0.3 is 5.32 Å². The highest BCUT2D eigenvalue weighted by Gasteiger charge is 2.48. The monoisotopic (exact) mass is 392 g/mol. The summed E-state index contributed by atoms with van der Waals surface area (Å²) in [6, 6.07) is 3.91. The van der Waals surface area contributed by atoms with Crippen molar-refractivity contribution in [1.29, 1.82) is 0 Å². The van der Waals surface area contributed by atoms with E-state index < -0.39 is 33.5 Å². The van der Waals surface area contributed by atoms with Gasteiger partial charge in [-0.3, -0.25) is 9.30 Å². The van der Waals surface area contributed by atoms with Crippen LogP contribution in [0.25, 0.3) is 0 Å². The molecule has 2 aliphatic heterocycles. The third-order valence-electron chi connectivity index (χ3n) is 4.63. The Morgan fingerprint density at radius 3 is 2.69 bits per heavy atom. The first kappa shape index (κ1) is 18.9. The van der Waals surface area contributed by atoms with Crippen LogP contribution in [0.3, 0.4) is 0 Å². The van der Waals surface area contributed by atoms with Crippen molar-refractivity contribution in [3.63, 3.8) is 0 Å². The average molecular weight is 392 g/mol. The molecule has 0 bridgehead atoms. The fourth-order valence-corrected chi connectivity index (χ4v) is 6.16. The maximum absolute atomic E-state index is 14.3. The number of nitrogens with zero attached hydrogens (tertiary/aromatic N) is 3. The molecule has 1 N–H and O–H groups in total. The van der Waals surface area contributed by atoms with E-state index in [1.807, 2.05) is 0 Å². The maximum atomic E-state index is 14.3. The summed E-state index contributed by atoms with van der Waals surface area (Å²) in [6.07, 6.45) is -4.62. The number of rotatable bonds is 1. The van der Waals surface area contributed by atoms with E-state index in [2.05, 4.69) is 14.7 Å². The van der Waals surface area contributed by atoms with E-state index in [4.69, 9.17) is 0 Å². The first-order valence-corrected chi connectivity index (χ1v) is 9.81. The van der Waals surface area contributed by atoms with Crippen LogP contribution in [0.1, 0.15) is 25.3 Å². The summed E-state index contributed by atoms with van der Waals surface area (Å²) in [7, 11) is -2.01. The smallest absolute Gasteiger partial charge is 0.345 e. The summed E-state index contributed by atoms with van der Waals surface area (Å²) in [4.78, 5) is 4.05. The maximum Gasteiger partial charge on any atom is 0.411 e. The lowest BCUT2D eigenvalue weighted by molar-refractivity contribution is -0.147. The number of nitrogens with one attached hydrogen (secondary N) is 1. The van der Waals surface area contributed by atoms with Crippen LogP contribution in [0.15, 0.2) is 33.6 Å². The van der Waals surface area contributed by atoms with E-state index in [1.165, 1.54) is 29.6 Å². The van der Waals surface area contributed by atoms with E-state index >= 15 is 0 Å². The second-order valence-electron chi connectivity index (χ2n) is 6.64. The quantitative estimate of drug-likeness (QED) is 0.747. The van der Waals surface area contributed by atoms with Gasteiger partial charge in [-0.2, -0.15) is 13.2 Å². The van der Waals surface area contributed by atoms with Crippen molar-refractivity contribution in [2.75, 3.05) is 19.3 Å². The van der Waals surface area contributed by atoms with Gasteiger partial charge in [0.2, 0.25) is 5.96 Å². The standard InChI is InChI=1S/C16H20F4N4OS/c1-15(11-6-3-4-7-12(11)17)10-26(25)23-13(16(18,19)20)8-5-9-24(26)14(21-2)22-15/h3-4,6-7,13H,5,8-10H2,1-2H3,(H,21,22)/t13?,15-,26?/m0/s1. The molecule has 0 spiro atoms. The lowest BCUT2D eigenvalue weighted by atomic mass is 9.93. The van der Waals surface area contributed by atoms with Crippen molar-refractivity contribution in [3.8, 4) is 0 Å². The summed E-state index contributed by atoms with van der Waals surface area (Å²) in [5, 5.41) is 3.06. The Balaban J connectivity index is 2.15. The van der Waals surface area contributed by atoms with Crippen LogP contribution in [-0.2, 0) is 15.5 Å². The minimum atomic E-state index is -4.57. The fourth-order valence-electron chi connectivity index (χ4n) is 3.40. The first-order chi connectivity index (χ1) is 12.1. The highest BCUT2D eigenvalue weighted by atomic mass is 32.2. The Morgan fingerprint density at radius 2 is 2.08 bits per heavy atom. The third kappa shape index (κ3) is 3.26. The third-order valence-corrected chi connectivity index (χ3v) is 7.22. The number of benzene rings is 1. The molecule has 0 saturated carbocycles. The molecule has 2 heterocycles. The van der Waals surface area contributed by atoms with Crippen molar-refractivity contribution in [2.24, 2.45) is 9.36 Å². The zero-order chi connectivity index (χ0) is 19.2. The SMILES string of the molecule is CN=C1N[C@](C)(c2ccccc2F)CS2(=O)=NC(C(F)(F)F)CCCN12. The molecule has 144 valence electrons. The molecule has 1 fully saturated rings. The van der Waals surface area contributed by atoms with Crippen LogP contribution in [0.2, 0.25) is 0 Å². The molecule has 2 aliphatic rings. The lowest BCUT2D eigenvalue weighted by Crippen LogP contribution is -2.62. The molecular weight excluding hydrogens is 372 g/mol. The molecule has 26 heavy (non-hydrogen) atoms. The van der Waals surface area contributed by atoms with E-state index in [0.29, 0.717) is 0 Å². The second kappa shape index (κ2) is 6.40. The minimum Gasteiger partial charge on any atom is -0.345 e. The van der Waals surface area contributed by atoms with Gasteiger partial charge in [-0.25, -0.2) is 13.0 Å². The number of hydrogen-bond donors (Lipinski definition) is 1. The molecule has 0 aliphatic carbocycles. The van der Waals surface area contributed by atoms with Crippen LogP contribution in [0.5, 0.6) is 0 Å². The largest absolute Gasteiger partial charge is 0.411 e. The Labute approximate surface area is 149 Å². The van der Waals surface area contributed by atoms with Gasteiger partial charge in [-0.1, -0.05) is 18.2 Å². The number of guanidine groups is 1. The fraction of sp³-hybridized carbons (Fsp3) is 0.562. The lowest BCUT2D eigenvalue weighted by Gasteiger charge is -2.44.